The second-order valence-corrected chi connectivity index (χ2v) is 8.99. The van der Waals surface area contributed by atoms with Gasteiger partial charge in [0.25, 0.3) is 11.7 Å². The molecule has 1 unspecified atom stereocenters. The quantitative estimate of drug-likeness (QED) is 0.183. The van der Waals surface area contributed by atoms with Crippen molar-refractivity contribution in [1.82, 2.24) is 4.90 Å². The Hall–Kier alpha value is -4.84. The standard InChI is InChI=1S/C32H27NO5/c1-37-27-14-8-13-25(19-27)30(34)28-29(33(32(36)31(28)35)20-22-9-4-2-5-10-22)24-15-17-26(18-16-24)38-21-23-11-6-3-7-12-23/h2-19,29,34H,20-21H2,1H3/b30-28+. The van der Waals surface area contributed by atoms with Crippen LogP contribution >= 0.6 is 0 Å². The lowest BCUT2D eigenvalue weighted by Gasteiger charge is -2.25. The Kier molecular flexibility index (Phi) is 7.22. The van der Waals surface area contributed by atoms with E-state index >= 15 is 0 Å². The van der Waals surface area contributed by atoms with Crippen molar-refractivity contribution in [2.75, 3.05) is 7.11 Å². The molecule has 1 saturated heterocycles. The number of rotatable bonds is 8. The summed E-state index contributed by atoms with van der Waals surface area (Å²) in [6, 6.07) is 32.6. The summed E-state index contributed by atoms with van der Waals surface area (Å²) in [4.78, 5) is 28.1. The summed E-state index contributed by atoms with van der Waals surface area (Å²) in [5.41, 5.74) is 3.05. The molecule has 0 aromatic heterocycles. The number of carbonyl (C=O) groups is 2. The summed E-state index contributed by atoms with van der Waals surface area (Å²) in [5.74, 6) is -0.440. The zero-order chi connectivity index (χ0) is 26.5. The monoisotopic (exact) mass is 505 g/mol. The molecule has 0 saturated carbocycles. The summed E-state index contributed by atoms with van der Waals surface area (Å²) in [7, 11) is 1.53. The van der Waals surface area contributed by atoms with Crippen molar-refractivity contribution in [3.63, 3.8) is 0 Å². The molecule has 4 aromatic rings. The van der Waals surface area contributed by atoms with E-state index < -0.39 is 17.7 Å². The number of ketones is 1. The van der Waals surface area contributed by atoms with E-state index in [1.54, 1.807) is 24.3 Å². The van der Waals surface area contributed by atoms with Gasteiger partial charge in [-0.1, -0.05) is 84.9 Å². The lowest BCUT2D eigenvalue weighted by Crippen LogP contribution is -2.29. The van der Waals surface area contributed by atoms with Gasteiger partial charge in [-0.05, 0) is 41.0 Å². The first-order chi connectivity index (χ1) is 18.5. The van der Waals surface area contributed by atoms with Crippen LogP contribution in [0.15, 0.2) is 115 Å². The number of hydrogen-bond acceptors (Lipinski definition) is 5. The van der Waals surface area contributed by atoms with Gasteiger partial charge >= 0.3 is 0 Å². The van der Waals surface area contributed by atoms with Gasteiger partial charge in [0.2, 0.25) is 0 Å². The second-order valence-electron chi connectivity index (χ2n) is 8.99. The number of likely N-dealkylation sites (tertiary alicyclic amines) is 1. The molecular formula is C32H27NO5. The summed E-state index contributed by atoms with van der Waals surface area (Å²) < 4.78 is 11.2. The van der Waals surface area contributed by atoms with E-state index in [4.69, 9.17) is 9.47 Å². The number of aliphatic hydroxyl groups is 1. The predicted octanol–water partition coefficient (Wildman–Crippen LogP) is 5.90. The molecule has 1 heterocycles. The van der Waals surface area contributed by atoms with Crippen molar-refractivity contribution >= 4 is 17.4 Å². The van der Waals surface area contributed by atoms with Crippen LogP contribution in [0.2, 0.25) is 0 Å². The minimum atomic E-state index is -0.774. The fourth-order valence-electron chi connectivity index (χ4n) is 4.58. The van der Waals surface area contributed by atoms with Crippen molar-refractivity contribution in [1.29, 1.82) is 0 Å². The largest absolute Gasteiger partial charge is 0.507 e. The molecule has 0 aliphatic carbocycles. The van der Waals surface area contributed by atoms with Crippen LogP contribution < -0.4 is 9.47 Å². The molecule has 0 bridgehead atoms. The lowest BCUT2D eigenvalue weighted by molar-refractivity contribution is -0.140. The molecule has 6 nitrogen and oxygen atoms in total. The average molecular weight is 506 g/mol. The summed E-state index contributed by atoms with van der Waals surface area (Å²) in [5, 5.41) is 11.3. The Morgan fingerprint density at radius 1 is 0.789 bits per heavy atom. The van der Waals surface area contributed by atoms with Gasteiger partial charge < -0.3 is 19.5 Å². The number of benzene rings is 4. The third-order valence-electron chi connectivity index (χ3n) is 6.52. The first-order valence-corrected chi connectivity index (χ1v) is 12.3. The molecule has 1 atom stereocenters. The fraction of sp³-hybridized carbons (Fsp3) is 0.125. The van der Waals surface area contributed by atoms with Crippen LogP contribution in [0.5, 0.6) is 11.5 Å². The van der Waals surface area contributed by atoms with Gasteiger partial charge in [-0.3, -0.25) is 9.59 Å². The Morgan fingerprint density at radius 2 is 1.45 bits per heavy atom. The molecule has 0 spiro atoms. The first kappa shape index (κ1) is 24.8. The van der Waals surface area contributed by atoms with Crippen LogP contribution in [0.3, 0.4) is 0 Å². The van der Waals surface area contributed by atoms with Gasteiger partial charge in [-0.15, -0.1) is 0 Å². The van der Waals surface area contributed by atoms with Gasteiger partial charge in [-0.25, -0.2) is 0 Å². The number of aliphatic hydroxyl groups excluding tert-OH is 1. The molecule has 190 valence electrons. The van der Waals surface area contributed by atoms with Crippen molar-refractivity contribution in [3.05, 3.63) is 137 Å². The predicted molar refractivity (Wildman–Crippen MR) is 144 cm³/mol. The second kappa shape index (κ2) is 11.0. The lowest BCUT2D eigenvalue weighted by atomic mass is 9.95. The highest BCUT2D eigenvalue weighted by atomic mass is 16.5. The molecular weight excluding hydrogens is 478 g/mol. The van der Waals surface area contributed by atoms with E-state index in [0.717, 1.165) is 11.1 Å². The van der Waals surface area contributed by atoms with Crippen LogP contribution in [0.25, 0.3) is 5.76 Å². The zero-order valence-corrected chi connectivity index (χ0v) is 20.9. The SMILES string of the molecule is COc1cccc(/C(O)=C2\C(=O)C(=O)N(Cc3ccccc3)C2c2ccc(OCc3ccccc3)cc2)c1. The summed E-state index contributed by atoms with van der Waals surface area (Å²) >= 11 is 0. The number of ether oxygens (including phenoxy) is 2. The van der Waals surface area contributed by atoms with Crippen molar-refractivity contribution in [2.24, 2.45) is 0 Å². The van der Waals surface area contributed by atoms with Gasteiger partial charge in [-0.2, -0.15) is 0 Å². The van der Waals surface area contributed by atoms with E-state index in [2.05, 4.69) is 0 Å². The molecule has 5 rings (SSSR count). The molecule has 1 aliphatic heterocycles. The van der Waals surface area contributed by atoms with Crippen LogP contribution in [-0.4, -0.2) is 28.8 Å². The van der Waals surface area contributed by atoms with Gasteiger partial charge in [0.1, 0.15) is 23.9 Å². The molecule has 0 radical (unpaired) electrons. The van der Waals surface area contributed by atoms with E-state index in [0.29, 0.717) is 29.2 Å². The highest BCUT2D eigenvalue weighted by Gasteiger charge is 2.46. The third-order valence-corrected chi connectivity index (χ3v) is 6.52. The van der Waals surface area contributed by atoms with Gasteiger partial charge in [0, 0.05) is 12.1 Å². The Labute approximate surface area is 221 Å². The summed E-state index contributed by atoms with van der Waals surface area (Å²) in [6.45, 7) is 0.639. The van der Waals surface area contributed by atoms with Gasteiger partial charge in [0.15, 0.2) is 0 Å². The van der Waals surface area contributed by atoms with E-state index in [9.17, 15) is 14.7 Å². The number of carbonyl (C=O) groups excluding carboxylic acids is 2. The van der Waals surface area contributed by atoms with Crippen LogP contribution in [0.4, 0.5) is 0 Å². The Balaban J connectivity index is 1.52. The zero-order valence-electron chi connectivity index (χ0n) is 20.9. The van der Waals surface area contributed by atoms with Crippen LogP contribution in [0.1, 0.15) is 28.3 Å². The topological polar surface area (TPSA) is 76.1 Å². The Morgan fingerprint density at radius 3 is 2.11 bits per heavy atom. The van der Waals surface area contributed by atoms with Crippen LogP contribution in [0, 0.1) is 0 Å². The molecule has 1 amide bonds. The first-order valence-electron chi connectivity index (χ1n) is 12.3. The highest BCUT2D eigenvalue weighted by Crippen LogP contribution is 2.41. The van der Waals surface area contributed by atoms with Crippen molar-refractivity contribution < 1.29 is 24.2 Å². The maximum atomic E-state index is 13.3. The number of hydrogen-bond donors (Lipinski definition) is 1. The molecule has 1 N–H and O–H groups in total. The van der Waals surface area contributed by atoms with Gasteiger partial charge in [0.05, 0.1) is 18.7 Å². The minimum absolute atomic E-state index is 0.0390. The van der Waals surface area contributed by atoms with Crippen molar-refractivity contribution in [3.8, 4) is 11.5 Å². The third kappa shape index (κ3) is 5.15. The van der Waals surface area contributed by atoms with E-state index in [-0.39, 0.29) is 17.9 Å². The fourth-order valence-corrected chi connectivity index (χ4v) is 4.58. The molecule has 38 heavy (non-hydrogen) atoms. The number of amides is 1. The Bertz CT molecular complexity index is 1460. The maximum Gasteiger partial charge on any atom is 0.295 e. The maximum absolute atomic E-state index is 13.3. The van der Waals surface area contributed by atoms with E-state index in [1.165, 1.54) is 12.0 Å². The van der Waals surface area contributed by atoms with Crippen molar-refractivity contribution in [2.45, 2.75) is 19.2 Å². The molecule has 1 fully saturated rings. The van der Waals surface area contributed by atoms with E-state index in [1.807, 2.05) is 84.9 Å². The molecule has 6 heteroatoms. The summed E-state index contributed by atoms with van der Waals surface area (Å²) in [6.07, 6.45) is 0. The molecule has 1 aliphatic rings. The number of Topliss-reactive ketones (excluding diaryl/α,β-unsaturated/α-hetero) is 1. The minimum Gasteiger partial charge on any atom is -0.507 e. The normalized spacial score (nSPS) is 16.4. The molecule has 4 aromatic carbocycles. The number of methoxy groups -OCH3 is 1. The smallest absolute Gasteiger partial charge is 0.295 e. The highest BCUT2D eigenvalue weighted by molar-refractivity contribution is 6.46. The number of nitrogens with zero attached hydrogens (tertiary/aromatic N) is 1. The van der Waals surface area contributed by atoms with Crippen LogP contribution in [-0.2, 0) is 22.7 Å². The average Bonchev–Trinajstić information content (AvgIpc) is 3.22.